The number of aryl methyl sites for hydroxylation is 2. The van der Waals surface area contributed by atoms with Gasteiger partial charge in [0.15, 0.2) is 62.7 Å². The van der Waals surface area contributed by atoms with E-state index in [1.54, 1.807) is 24.3 Å². The molecular formula is C40H34N6O4+4. The summed E-state index contributed by atoms with van der Waals surface area (Å²) in [5, 5.41) is 0.751. The number of imide groups is 2. The molecule has 10 nitrogen and oxygen atoms in total. The molecule has 50 heavy (non-hydrogen) atoms. The summed E-state index contributed by atoms with van der Waals surface area (Å²) in [7, 11) is 3.94. The number of benzene rings is 2. The number of hydrogen-bond acceptors (Lipinski definition) is 4. The molecule has 2 aliphatic heterocycles. The van der Waals surface area contributed by atoms with Crippen LogP contribution in [0, 0.1) is 0 Å². The van der Waals surface area contributed by atoms with Gasteiger partial charge in [-0.25, -0.2) is 18.3 Å². The average molecular weight is 663 g/mol. The number of aromatic nitrogens is 4. The van der Waals surface area contributed by atoms with Gasteiger partial charge in [-0.1, -0.05) is 0 Å². The molecule has 0 saturated heterocycles. The van der Waals surface area contributed by atoms with Crippen LogP contribution >= 0.6 is 0 Å². The molecule has 4 aromatic heterocycles. The Morgan fingerprint density at radius 1 is 0.400 bits per heavy atom. The van der Waals surface area contributed by atoms with Crippen molar-refractivity contribution >= 4 is 34.4 Å². The fourth-order valence-corrected chi connectivity index (χ4v) is 6.80. The number of carbonyl (C=O) groups excluding carboxylic acids is 4. The molecule has 8 rings (SSSR count). The van der Waals surface area contributed by atoms with Gasteiger partial charge in [0.2, 0.25) is 0 Å². The Balaban J connectivity index is 0.994. The largest absolute Gasteiger partial charge is 0.269 e. The van der Waals surface area contributed by atoms with E-state index in [0.29, 0.717) is 46.1 Å². The first-order chi connectivity index (χ1) is 24.3. The fourth-order valence-electron chi connectivity index (χ4n) is 6.80. The van der Waals surface area contributed by atoms with Crippen molar-refractivity contribution in [3.8, 4) is 22.3 Å². The van der Waals surface area contributed by atoms with Crippen LogP contribution in [0.2, 0.25) is 0 Å². The molecule has 4 amide bonds. The molecule has 2 aromatic carbocycles. The molecule has 10 heteroatoms. The highest BCUT2D eigenvalue weighted by atomic mass is 16.2. The number of pyridine rings is 4. The smallest absolute Gasteiger partial charge is 0.261 e. The first-order valence-electron chi connectivity index (χ1n) is 16.5. The minimum Gasteiger partial charge on any atom is -0.269 e. The highest BCUT2D eigenvalue weighted by molar-refractivity contribution is 6.33. The van der Waals surface area contributed by atoms with E-state index in [-0.39, 0.29) is 13.1 Å². The maximum atomic E-state index is 13.8. The number of carbonyl (C=O) groups is 4. The molecule has 244 valence electrons. The first-order valence-corrected chi connectivity index (χ1v) is 16.5. The predicted octanol–water partition coefficient (Wildman–Crippen LogP) is 2.99. The third-order valence-electron chi connectivity index (χ3n) is 9.63. The zero-order valence-electron chi connectivity index (χ0n) is 27.7. The predicted molar refractivity (Wildman–Crippen MR) is 181 cm³/mol. The Morgan fingerprint density at radius 3 is 0.940 bits per heavy atom. The maximum Gasteiger partial charge on any atom is 0.261 e. The van der Waals surface area contributed by atoms with Gasteiger partial charge in [-0.2, -0.15) is 0 Å². The Bertz CT molecular complexity index is 2110. The molecule has 0 bridgehead atoms. The summed E-state index contributed by atoms with van der Waals surface area (Å²) in [4.78, 5) is 57.5. The van der Waals surface area contributed by atoms with Gasteiger partial charge in [0, 0.05) is 81.6 Å². The normalized spacial score (nSPS) is 13.8. The van der Waals surface area contributed by atoms with Gasteiger partial charge < -0.3 is 0 Å². The topological polar surface area (TPSA) is 90.3 Å². The zero-order valence-corrected chi connectivity index (χ0v) is 27.7. The monoisotopic (exact) mass is 662 g/mol. The third-order valence-corrected chi connectivity index (χ3v) is 9.63. The summed E-state index contributed by atoms with van der Waals surface area (Å²) in [6.07, 6.45) is 15.7. The summed E-state index contributed by atoms with van der Waals surface area (Å²) >= 11 is 0. The van der Waals surface area contributed by atoms with Gasteiger partial charge >= 0.3 is 0 Å². The summed E-state index contributed by atoms with van der Waals surface area (Å²) in [6, 6.07) is 22.6. The Hall–Kier alpha value is -6.42. The fraction of sp³-hybridized carbons (Fsp3) is 0.150. The second-order valence-electron chi connectivity index (χ2n) is 12.7. The molecule has 0 fully saturated rings. The minimum absolute atomic E-state index is 0.168. The van der Waals surface area contributed by atoms with Crippen LogP contribution in [0.15, 0.2) is 122 Å². The molecule has 2 aliphatic rings. The lowest BCUT2D eigenvalue weighted by Gasteiger charge is -2.31. The van der Waals surface area contributed by atoms with Gasteiger partial charge in [0.05, 0.1) is 13.1 Å². The van der Waals surface area contributed by atoms with Gasteiger partial charge in [0.1, 0.15) is 14.1 Å². The average Bonchev–Trinajstić information content (AvgIpc) is 3.14. The number of nitrogens with zero attached hydrogens (tertiary/aromatic N) is 6. The molecule has 0 atom stereocenters. The van der Waals surface area contributed by atoms with E-state index in [0.717, 1.165) is 22.3 Å². The van der Waals surface area contributed by atoms with Crippen LogP contribution in [0.25, 0.3) is 33.0 Å². The van der Waals surface area contributed by atoms with Crippen molar-refractivity contribution in [2.24, 2.45) is 14.1 Å². The van der Waals surface area contributed by atoms with Crippen LogP contribution in [-0.2, 0) is 27.2 Å². The van der Waals surface area contributed by atoms with Crippen molar-refractivity contribution in [1.29, 1.82) is 0 Å². The lowest BCUT2D eigenvalue weighted by Crippen LogP contribution is -2.48. The lowest BCUT2D eigenvalue weighted by molar-refractivity contribution is -0.695. The number of rotatable bonds is 8. The van der Waals surface area contributed by atoms with Gasteiger partial charge in [-0.15, -0.1) is 0 Å². The molecule has 6 aromatic rings. The van der Waals surface area contributed by atoms with Crippen molar-refractivity contribution in [1.82, 2.24) is 9.80 Å². The van der Waals surface area contributed by atoms with Crippen molar-refractivity contribution < 1.29 is 37.4 Å². The summed E-state index contributed by atoms with van der Waals surface area (Å²) < 4.78 is 7.82. The van der Waals surface area contributed by atoms with Crippen LogP contribution in [0.3, 0.4) is 0 Å². The summed E-state index contributed by atoms with van der Waals surface area (Å²) in [6.45, 7) is 1.16. The van der Waals surface area contributed by atoms with Crippen molar-refractivity contribution in [2.45, 2.75) is 13.1 Å². The highest BCUT2D eigenvalue weighted by Gasteiger charge is 2.40. The van der Waals surface area contributed by atoms with E-state index in [4.69, 9.17) is 0 Å². The molecule has 0 unspecified atom stereocenters. The van der Waals surface area contributed by atoms with Gasteiger partial charge in [-0.05, 0) is 46.5 Å². The number of hydrogen-bond donors (Lipinski definition) is 0. The molecule has 0 aliphatic carbocycles. The van der Waals surface area contributed by atoms with Gasteiger partial charge in [-0.3, -0.25) is 29.0 Å². The lowest BCUT2D eigenvalue weighted by atomic mass is 9.86. The van der Waals surface area contributed by atoms with Gasteiger partial charge in [0.25, 0.3) is 23.6 Å². The highest BCUT2D eigenvalue weighted by Crippen LogP contribution is 2.37. The number of amides is 4. The second-order valence-corrected chi connectivity index (χ2v) is 12.7. The van der Waals surface area contributed by atoms with Crippen molar-refractivity contribution in [2.75, 3.05) is 13.1 Å². The van der Waals surface area contributed by atoms with Crippen molar-refractivity contribution in [3.63, 3.8) is 0 Å². The van der Waals surface area contributed by atoms with E-state index in [2.05, 4.69) is 0 Å². The molecule has 6 heterocycles. The third kappa shape index (κ3) is 5.31. The molecule has 0 saturated carbocycles. The molecular weight excluding hydrogens is 628 g/mol. The molecule has 0 N–H and O–H groups in total. The van der Waals surface area contributed by atoms with Crippen LogP contribution in [0.4, 0.5) is 0 Å². The van der Waals surface area contributed by atoms with Crippen molar-refractivity contribution in [3.05, 3.63) is 145 Å². The van der Waals surface area contributed by atoms with Crippen LogP contribution in [0.1, 0.15) is 41.4 Å². The molecule has 0 spiro atoms. The van der Waals surface area contributed by atoms with E-state index in [1.165, 1.54) is 9.80 Å². The second kappa shape index (κ2) is 12.2. The van der Waals surface area contributed by atoms with E-state index in [1.807, 2.05) is 130 Å². The SMILES string of the molecule is C[n+]1ccc(-c2cc[n+](CCN3C(=O)c4ccc5c6c(ccc(c46)C3=O)C(=O)N(CC[n+]3ccc(-c4cc[n+](C)cc4)cc3)C5=O)cc2)cc1. The van der Waals surface area contributed by atoms with E-state index >= 15 is 0 Å². The first kappa shape index (κ1) is 30.9. The maximum absolute atomic E-state index is 13.8. The summed E-state index contributed by atoms with van der Waals surface area (Å²) in [5.74, 6) is -1.75. The molecule has 0 radical (unpaired) electrons. The minimum atomic E-state index is -0.438. The van der Waals surface area contributed by atoms with Crippen LogP contribution in [-0.4, -0.2) is 46.5 Å². The summed E-state index contributed by atoms with van der Waals surface area (Å²) in [5.41, 5.74) is 5.57. The quantitative estimate of drug-likeness (QED) is 0.185. The Kier molecular flexibility index (Phi) is 7.56. The Labute approximate surface area is 288 Å². The van der Waals surface area contributed by atoms with Crippen LogP contribution < -0.4 is 18.3 Å². The standard InChI is InChI=1S/C40H34N6O4/c1-41-15-7-27(8-16-41)29-11-19-43(20-12-29)23-25-45-37(47)31-3-5-33-36-34(6-4-32(35(31)36)38(45)48)40(50)46(39(33)49)26-24-44-21-13-30(14-22-44)28-9-17-42(2)18-10-28/h3-22H,23-26H2,1-2H3/q+4. The van der Waals surface area contributed by atoms with E-state index < -0.39 is 23.6 Å². The zero-order chi connectivity index (χ0) is 34.5. The van der Waals surface area contributed by atoms with E-state index in [9.17, 15) is 19.2 Å². The Morgan fingerprint density at radius 2 is 0.660 bits per heavy atom. The van der Waals surface area contributed by atoms with Crippen LogP contribution in [0.5, 0.6) is 0 Å².